The molecule has 3 aromatic heterocycles. The molecule has 0 saturated carbocycles. The van der Waals surface area contributed by atoms with E-state index in [4.69, 9.17) is 0 Å². The van der Waals surface area contributed by atoms with Gasteiger partial charge in [0.15, 0.2) is 0 Å². The van der Waals surface area contributed by atoms with Gasteiger partial charge in [0.05, 0.1) is 22.6 Å². The Morgan fingerprint density at radius 1 is 1.03 bits per heavy atom. The summed E-state index contributed by atoms with van der Waals surface area (Å²) >= 11 is 0. The van der Waals surface area contributed by atoms with E-state index in [-0.39, 0.29) is 11.4 Å². The second-order valence-corrected chi connectivity index (χ2v) is 8.45. The first-order chi connectivity index (χ1) is 15.1. The average Bonchev–Trinajstić information content (AvgIpc) is 3.55. The van der Waals surface area contributed by atoms with Crippen molar-refractivity contribution in [2.24, 2.45) is 7.05 Å². The van der Waals surface area contributed by atoms with Crippen LogP contribution in [0.1, 0.15) is 29.0 Å². The van der Waals surface area contributed by atoms with E-state index in [0.29, 0.717) is 18.8 Å². The minimum absolute atomic E-state index is 0.00871. The number of rotatable bonds is 2. The van der Waals surface area contributed by atoms with Crippen molar-refractivity contribution in [3.05, 3.63) is 78.4 Å². The first-order valence-corrected chi connectivity index (χ1v) is 10.7. The maximum absolute atomic E-state index is 13.2. The second-order valence-electron chi connectivity index (χ2n) is 8.45. The van der Waals surface area contributed by atoms with Crippen molar-refractivity contribution in [1.82, 2.24) is 24.2 Å². The summed E-state index contributed by atoms with van der Waals surface area (Å²) in [6.45, 7) is 1.38. The van der Waals surface area contributed by atoms with Gasteiger partial charge in [-0.15, -0.1) is 0 Å². The molecule has 0 bridgehead atoms. The number of para-hydroxylation sites is 2. The number of nitrogens with one attached hydrogen (secondary N) is 2. The predicted molar refractivity (Wildman–Crippen MR) is 119 cm³/mol. The summed E-state index contributed by atoms with van der Waals surface area (Å²) in [4.78, 5) is 15.1. The highest BCUT2D eigenvalue weighted by atomic mass is 16.2. The van der Waals surface area contributed by atoms with Crippen LogP contribution in [0.5, 0.6) is 0 Å². The van der Waals surface area contributed by atoms with E-state index in [1.165, 1.54) is 11.4 Å². The number of anilines is 1. The summed E-state index contributed by atoms with van der Waals surface area (Å²) in [5.74, 6) is 0.00871. The molecular formula is C24H24N6O. The predicted octanol–water partition coefficient (Wildman–Crippen LogP) is 3.76. The van der Waals surface area contributed by atoms with E-state index in [0.717, 1.165) is 29.9 Å². The molecule has 2 N–H and O–H groups in total. The van der Waals surface area contributed by atoms with Crippen molar-refractivity contribution in [2.45, 2.75) is 18.4 Å². The molecule has 1 fully saturated rings. The summed E-state index contributed by atoms with van der Waals surface area (Å²) in [7, 11) is 1.97. The molecule has 0 aliphatic carbocycles. The summed E-state index contributed by atoms with van der Waals surface area (Å²) in [6, 6.07) is 18.5. The SMILES string of the molecule is Cn1cccc1-c1cc(C(=O)N2CCC3(CC2)Nc2ccccc2-n2cccc23)[nH]n1. The van der Waals surface area contributed by atoms with E-state index in [1.54, 1.807) is 0 Å². The summed E-state index contributed by atoms with van der Waals surface area (Å²) in [5, 5.41) is 11.1. The quantitative estimate of drug-likeness (QED) is 0.527. The summed E-state index contributed by atoms with van der Waals surface area (Å²) in [5.41, 5.74) is 5.75. The molecule has 31 heavy (non-hydrogen) atoms. The number of aryl methyl sites for hydroxylation is 1. The van der Waals surface area contributed by atoms with Gasteiger partial charge in [-0.3, -0.25) is 9.89 Å². The molecule has 6 rings (SSSR count). The zero-order valence-corrected chi connectivity index (χ0v) is 17.4. The zero-order chi connectivity index (χ0) is 21.0. The Kier molecular flexibility index (Phi) is 3.86. The molecule has 0 atom stereocenters. The maximum Gasteiger partial charge on any atom is 0.271 e. The number of likely N-dealkylation sites (tertiary alicyclic amines) is 1. The smallest absolute Gasteiger partial charge is 0.271 e. The lowest BCUT2D eigenvalue weighted by Gasteiger charge is -2.46. The molecular weight excluding hydrogens is 388 g/mol. The fourth-order valence-corrected chi connectivity index (χ4v) is 5.02. The molecule has 1 amide bonds. The Labute approximate surface area is 180 Å². The number of hydrogen-bond acceptors (Lipinski definition) is 3. The molecule has 156 valence electrons. The largest absolute Gasteiger partial charge is 0.372 e. The molecule has 5 heterocycles. The lowest BCUT2D eigenvalue weighted by molar-refractivity contribution is 0.0670. The highest BCUT2D eigenvalue weighted by Gasteiger charge is 2.42. The first kappa shape index (κ1) is 18.1. The fourth-order valence-electron chi connectivity index (χ4n) is 5.02. The molecule has 1 aromatic carbocycles. The number of fused-ring (bicyclic) bond motifs is 4. The molecule has 0 unspecified atom stereocenters. The van der Waals surface area contributed by atoms with Gasteiger partial charge in [0.1, 0.15) is 11.4 Å². The lowest BCUT2D eigenvalue weighted by Crippen LogP contribution is -2.51. The number of carbonyl (C=O) groups is 1. The van der Waals surface area contributed by atoms with Crippen LogP contribution in [0.4, 0.5) is 5.69 Å². The third kappa shape index (κ3) is 2.73. The third-order valence-corrected chi connectivity index (χ3v) is 6.70. The van der Waals surface area contributed by atoms with Crippen molar-refractivity contribution in [3.8, 4) is 17.1 Å². The van der Waals surface area contributed by atoms with Crippen LogP contribution in [-0.4, -0.2) is 43.2 Å². The number of aromatic amines is 1. The molecule has 0 radical (unpaired) electrons. The van der Waals surface area contributed by atoms with Gasteiger partial charge in [-0.25, -0.2) is 0 Å². The number of nitrogens with zero attached hydrogens (tertiary/aromatic N) is 4. The Morgan fingerprint density at radius 3 is 2.65 bits per heavy atom. The average molecular weight is 412 g/mol. The number of carbonyl (C=O) groups excluding carboxylic acids is 1. The highest BCUT2D eigenvalue weighted by Crippen LogP contribution is 2.43. The van der Waals surface area contributed by atoms with E-state index < -0.39 is 0 Å². The van der Waals surface area contributed by atoms with Gasteiger partial charge in [-0.05, 0) is 55.3 Å². The summed E-state index contributed by atoms with van der Waals surface area (Å²) < 4.78 is 4.28. The van der Waals surface area contributed by atoms with E-state index in [1.807, 2.05) is 40.9 Å². The lowest BCUT2D eigenvalue weighted by atomic mass is 9.82. The number of aromatic nitrogens is 4. The molecule has 7 nitrogen and oxygen atoms in total. The number of hydrogen-bond donors (Lipinski definition) is 2. The molecule has 7 heteroatoms. The Bertz CT molecular complexity index is 1270. The minimum atomic E-state index is -0.156. The van der Waals surface area contributed by atoms with Crippen molar-refractivity contribution in [1.29, 1.82) is 0 Å². The van der Waals surface area contributed by atoms with Crippen LogP contribution in [0.15, 0.2) is 67.0 Å². The minimum Gasteiger partial charge on any atom is -0.372 e. The zero-order valence-electron chi connectivity index (χ0n) is 17.4. The number of piperidine rings is 1. The van der Waals surface area contributed by atoms with Crippen molar-refractivity contribution >= 4 is 11.6 Å². The number of benzene rings is 1. The highest BCUT2D eigenvalue weighted by molar-refractivity contribution is 5.93. The number of H-pyrrole nitrogens is 1. The molecule has 2 aliphatic heterocycles. The van der Waals surface area contributed by atoms with Crippen LogP contribution < -0.4 is 5.32 Å². The Hall–Kier alpha value is -3.74. The van der Waals surface area contributed by atoms with Crippen LogP contribution in [0.25, 0.3) is 17.1 Å². The Balaban J connectivity index is 1.23. The molecule has 1 spiro atoms. The van der Waals surface area contributed by atoms with Gasteiger partial charge in [-0.1, -0.05) is 12.1 Å². The van der Waals surface area contributed by atoms with Crippen molar-refractivity contribution in [2.75, 3.05) is 18.4 Å². The number of amides is 1. The standard InChI is InChI=1S/C24H24N6O/c1-28-12-4-8-20(28)18-16-19(27-26-18)23(31)29-14-10-24(11-15-29)22-9-5-13-30(22)21-7-3-2-6-17(21)25-24/h2-9,12-13,16,25H,10-11,14-15H2,1H3,(H,26,27). The van der Waals surface area contributed by atoms with Crippen LogP contribution in [0.3, 0.4) is 0 Å². The maximum atomic E-state index is 13.2. The van der Waals surface area contributed by atoms with Gasteiger partial charge >= 0.3 is 0 Å². The Morgan fingerprint density at radius 2 is 1.84 bits per heavy atom. The molecule has 2 aliphatic rings. The fraction of sp³-hybridized carbons (Fsp3) is 0.250. The van der Waals surface area contributed by atoms with Crippen LogP contribution in [0, 0.1) is 0 Å². The molecule has 4 aromatic rings. The van der Waals surface area contributed by atoms with Gasteiger partial charge in [-0.2, -0.15) is 5.10 Å². The monoisotopic (exact) mass is 412 g/mol. The van der Waals surface area contributed by atoms with Gasteiger partial charge in [0.2, 0.25) is 0 Å². The van der Waals surface area contributed by atoms with E-state index in [9.17, 15) is 4.79 Å². The van der Waals surface area contributed by atoms with E-state index in [2.05, 4.69) is 62.7 Å². The van der Waals surface area contributed by atoms with Crippen LogP contribution >= 0.6 is 0 Å². The van der Waals surface area contributed by atoms with Gasteiger partial charge in [0, 0.05) is 38.2 Å². The van der Waals surface area contributed by atoms with E-state index >= 15 is 0 Å². The second kappa shape index (κ2) is 6.63. The summed E-state index contributed by atoms with van der Waals surface area (Å²) in [6.07, 6.45) is 5.82. The van der Waals surface area contributed by atoms with Crippen LogP contribution in [-0.2, 0) is 12.6 Å². The third-order valence-electron chi connectivity index (χ3n) is 6.70. The van der Waals surface area contributed by atoms with Gasteiger partial charge < -0.3 is 19.4 Å². The first-order valence-electron chi connectivity index (χ1n) is 10.7. The topological polar surface area (TPSA) is 70.9 Å². The van der Waals surface area contributed by atoms with Gasteiger partial charge in [0.25, 0.3) is 5.91 Å². The van der Waals surface area contributed by atoms with Crippen molar-refractivity contribution < 1.29 is 4.79 Å². The molecule has 1 saturated heterocycles. The normalized spacial score (nSPS) is 16.6. The van der Waals surface area contributed by atoms with Crippen LogP contribution in [0.2, 0.25) is 0 Å². The van der Waals surface area contributed by atoms with Crippen molar-refractivity contribution in [3.63, 3.8) is 0 Å².